The number of hydrogen-bond acceptors (Lipinski definition) is 3. The van der Waals surface area contributed by atoms with Gasteiger partial charge in [-0.2, -0.15) is 0 Å². The Hall–Kier alpha value is -1.26. The Bertz CT molecular complexity index is 676. The van der Waals surface area contributed by atoms with Crippen molar-refractivity contribution >= 4 is 15.4 Å². The van der Waals surface area contributed by atoms with Gasteiger partial charge in [-0.3, -0.25) is 4.79 Å². The van der Waals surface area contributed by atoms with Crippen molar-refractivity contribution in [2.24, 2.45) is 0 Å². The number of hydrogen-bond donors (Lipinski definition) is 1. The van der Waals surface area contributed by atoms with E-state index in [-0.39, 0.29) is 22.0 Å². The Kier molecular flexibility index (Phi) is 3.35. The summed E-state index contributed by atoms with van der Waals surface area (Å²) in [6, 6.07) is 3.93. The van der Waals surface area contributed by atoms with Crippen LogP contribution in [-0.2, 0) is 19.8 Å². The molecule has 2 bridgehead atoms. The molecule has 1 aromatic carbocycles. The van der Waals surface area contributed by atoms with E-state index in [1.807, 2.05) is 12.1 Å². The van der Waals surface area contributed by atoms with Crippen molar-refractivity contribution in [3.05, 3.63) is 34.7 Å². The largest absolute Gasteiger partial charge is 0.507 e. The van der Waals surface area contributed by atoms with Gasteiger partial charge in [-0.05, 0) is 33.3 Å². The smallest absolute Gasteiger partial charge is 0.205 e. The topological polar surface area (TPSA) is 46.5 Å². The second-order valence-corrected chi connectivity index (χ2v) is 11.3. The van der Waals surface area contributed by atoms with Gasteiger partial charge in [-0.1, -0.05) is 48.1 Å². The highest BCUT2D eigenvalue weighted by atomic mass is 32.3. The lowest BCUT2D eigenvalue weighted by molar-refractivity contribution is -0.110. The minimum atomic E-state index is -2.02. The normalized spacial score (nSPS) is 30.1. The van der Waals surface area contributed by atoms with Gasteiger partial charge in [0.15, 0.2) is 0 Å². The molecule has 0 radical (unpaired) electrons. The fourth-order valence-electron chi connectivity index (χ4n) is 3.30. The monoisotopic (exact) mass is 334 g/mol. The van der Waals surface area contributed by atoms with Gasteiger partial charge in [0, 0.05) is 20.9 Å². The van der Waals surface area contributed by atoms with E-state index in [4.69, 9.17) is 4.18 Å². The first-order valence-corrected chi connectivity index (χ1v) is 9.56. The number of rotatable bonds is 1. The second-order valence-electron chi connectivity index (χ2n) is 8.55. The van der Waals surface area contributed by atoms with Gasteiger partial charge in [-0.25, -0.2) is 0 Å². The zero-order valence-electron chi connectivity index (χ0n) is 14.8. The van der Waals surface area contributed by atoms with Crippen molar-refractivity contribution < 1.29 is 14.1 Å². The number of phenolic OH excluding ortho intramolecular Hbond substituents is 1. The highest BCUT2D eigenvalue weighted by Crippen LogP contribution is 2.79. The molecule has 2 unspecified atom stereocenters. The maximum Gasteiger partial charge on any atom is 0.205 e. The number of phenols is 1. The molecule has 126 valence electrons. The SMILES string of the molecule is C=C1C2CC(=O)S1(c1cc(C(C)(C)C)c(O)c(C(C)(C)C)c1)O2. The lowest BCUT2D eigenvalue weighted by Gasteiger charge is -2.45. The highest BCUT2D eigenvalue weighted by molar-refractivity contribution is 8.46. The van der Waals surface area contributed by atoms with E-state index < -0.39 is 10.3 Å². The van der Waals surface area contributed by atoms with E-state index >= 15 is 0 Å². The fraction of sp³-hybridized carbons (Fsp3) is 0.526. The third kappa shape index (κ3) is 2.18. The third-order valence-electron chi connectivity index (χ3n) is 4.69. The summed E-state index contributed by atoms with van der Waals surface area (Å²) in [7, 11) is -2.02. The molecular weight excluding hydrogens is 308 g/mol. The standard InChI is InChI=1S/C19H26O3S/c1-11-15-10-16(20)23(11,22-15)12-8-13(18(2,3)4)17(21)14(9-12)19(5,6)7/h8-9,15,21H,1,10H2,2-7H3. The second kappa shape index (κ2) is 4.64. The maximum absolute atomic E-state index is 12.5. The fourth-order valence-corrected chi connectivity index (χ4v) is 6.35. The summed E-state index contributed by atoms with van der Waals surface area (Å²) in [6.07, 6.45) is 0.354. The van der Waals surface area contributed by atoms with E-state index in [9.17, 15) is 9.90 Å². The number of aromatic hydroxyl groups is 1. The first kappa shape index (κ1) is 16.6. The first-order valence-electron chi connectivity index (χ1n) is 8.00. The molecule has 23 heavy (non-hydrogen) atoms. The first-order chi connectivity index (χ1) is 10.4. The minimum absolute atomic E-state index is 0.0949. The number of benzene rings is 1. The molecule has 4 rings (SSSR count). The van der Waals surface area contributed by atoms with Crippen LogP contribution in [0.25, 0.3) is 0 Å². The molecule has 0 spiro atoms. The maximum atomic E-state index is 12.5. The van der Waals surface area contributed by atoms with Gasteiger partial charge in [0.1, 0.15) is 11.9 Å². The van der Waals surface area contributed by atoms with Crippen molar-refractivity contribution in [3.8, 4) is 5.75 Å². The van der Waals surface area contributed by atoms with Crippen LogP contribution in [0.15, 0.2) is 28.5 Å². The Morgan fingerprint density at radius 2 is 1.61 bits per heavy atom. The van der Waals surface area contributed by atoms with E-state index in [2.05, 4.69) is 48.1 Å². The number of fused-ring (bicyclic) bond motifs is 1. The van der Waals surface area contributed by atoms with Crippen molar-refractivity contribution in [2.75, 3.05) is 0 Å². The molecular formula is C19H26O3S. The van der Waals surface area contributed by atoms with E-state index in [0.29, 0.717) is 12.2 Å². The summed E-state index contributed by atoms with van der Waals surface area (Å²) < 4.78 is 5.98. The molecule has 2 atom stereocenters. The predicted octanol–water partition coefficient (Wildman–Crippen LogP) is 4.91. The van der Waals surface area contributed by atoms with Gasteiger partial charge in [-0.15, -0.1) is 0 Å². The molecule has 0 aliphatic carbocycles. The highest BCUT2D eigenvalue weighted by Gasteiger charge is 2.60. The lowest BCUT2D eigenvalue weighted by atomic mass is 9.79. The summed E-state index contributed by atoms with van der Waals surface area (Å²) >= 11 is 0. The molecule has 3 fully saturated rings. The molecule has 1 aromatic rings. The van der Waals surface area contributed by atoms with Gasteiger partial charge in [0.25, 0.3) is 0 Å². The summed E-state index contributed by atoms with van der Waals surface area (Å²) in [5, 5.41) is 11.0. The van der Waals surface area contributed by atoms with Crippen LogP contribution in [0.5, 0.6) is 5.75 Å². The third-order valence-corrected chi connectivity index (χ3v) is 7.92. The molecule has 0 saturated carbocycles. The molecule has 0 aromatic heterocycles. The minimum Gasteiger partial charge on any atom is -0.507 e. The molecule has 3 heterocycles. The molecule has 0 amide bonds. The van der Waals surface area contributed by atoms with Gasteiger partial charge in [0.2, 0.25) is 5.12 Å². The lowest BCUT2D eigenvalue weighted by Crippen LogP contribution is -2.26. The summed E-state index contributed by atoms with van der Waals surface area (Å²) in [6.45, 7) is 16.5. The van der Waals surface area contributed by atoms with Crippen molar-refractivity contribution in [1.82, 2.24) is 0 Å². The zero-order valence-corrected chi connectivity index (χ0v) is 15.6. The zero-order chi connectivity index (χ0) is 17.4. The predicted molar refractivity (Wildman–Crippen MR) is 95.0 cm³/mol. The van der Waals surface area contributed by atoms with Gasteiger partial charge in [0.05, 0.1) is 6.42 Å². The summed E-state index contributed by atoms with van der Waals surface area (Å²) in [5.41, 5.74) is 1.28. The van der Waals surface area contributed by atoms with Crippen molar-refractivity contribution in [2.45, 2.75) is 69.8 Å². The Morgan fingerprint density at radius 1 is 1.13 bits per heavy atom. The van der Waals surface area contributed by atoms with Crippen LogP contribution in [0.3, 0.4) is 0 Å². The van der Waals surface area contributed by atoms with Crippen LogP contribution in [0.1, 0.15) is 59.1 Å². The summed E-state index contributed by atoms with van der Waals surface area (Å²) in [4.78, 5) is 14.4. The van der Waals surface area contributed by atoms with Gasteiger partial charge >= 0.3 is 0 Å². The van der Waals surface area contributed by atoms with E-state index in [1.165, 1.54) is 0 Å². The molecule has 3 nitrogen and oxygen atoms in total. The van der Waals surface area contributed by atoms with Crippen LogP contribution < -0.4 is 0 Å². The van der Waals surface area contributed by atoms with Crippen LogP contribution in [0.2, 0.25) is 0 Å². The van der Waals surface area contributed by atoms with E-state index in [0.717, 1.165) is 20.9 Å². The van der Waals surface area contributed by atoms with Crippen LogP contribution in [0, 0.1) is 0 Å². The number of carbonyl (C=O) groups is 1. The molecule has 1 N–H and O–H groups in total. The molecule has 3 saturated heterocycles. The van der Waals surface area contributed by atoms with Crippen LogP contribution >= 0.6 is 10.3 Å². The summed E-state index contributed by atoms with van der Waals surface area (Å²) in [5.74, 6) is 0.330. The molecule has 3 aliphatic heterocycles. The average molecular weight is 334 g/mol. The average Bonchev–Trinajstić information content (AvgIpc) is 2.86. The van der Waals surface area contributed by atoms with Gasteiger partial charge < -0.3 is 9.29 Å². The van der Waals surface area contributed by atoms with Crippen molar-refractivity contribution in [3.63, 3.8) is 0 Å². The van der Waals surface area contributed by atoms with Crippen LogP contribution in [-0.4, -0.2) is 16.3 Å². The quantitative estimate of drug-likeness (QED) is 0.794. The van der Waals surface area contributed by atoms with Crippen molar-refractivity contribution in [1.29, 1.82) is 0 Å². The Labute approximate surface area is 140 Å². The van der Waals surface area contributed by atoms with E-state index in [1.54, 1.807) is 0 Å². The number of carbonyl (C=O) groups excluding carboxylic acids is 1. The van der Waals surface area contributed by atoms with Crippen LogP contribution in [0.4, 0.5) is 0 Å². The Morgan fingerprint density at radius 3 is 1.91 bits per heavy atom. The molecule has 4 heteroatoms. The Balaban J connectivity index is 2.27. The molecule has 3 aliphatic rings.